The van der Waals surface area contributed by atoms with E-state index in [1.165, 1.54) is 5.56 Å². The maximum Gasteiger partial charge on any atom is 0.318 e. The number of fused-ring (bicyclic) bond motifs is 1. The number of rotatable bonds is 1. The number of alkyl halides is 1. The van der Waals surface area contributed by atoms with Gasteiger partial charge in [-0.05, 0) is 18.9 Å². The molecule has 1 heterocycles. The molecule has 2 aliphatic rings. The molecule has 0 radical (unpaired) electrons. The molecule has 1 aliphatic heterocycles. The Bertz CT molecular complexity index is 463. The van der Waals surface area contributed by atoms with Crippen molar-refractivity contribution >= 4 is 21.9 Å². The fourth-order valence-electron chi connectivity index (χ4n) is 3.22. The van der Waals surface area contributed by atoms with Crippen molar-refractivity contribution in [1.29, 1.82) is 0 Å². The van der Waals surface area contributed by atoms with Crippen LogP contribution in [0.5, 0.6) is 5.75 Å². The second-order valence-electron chi connectivity index (χ2n) is 5.09. The van der Waals surface area contributed by atoms with Crippen LogP contribution < -0.4 is 4.74 Å². The van der Waals surface area contributed by atoms with Gasteiger partial charge in [0, 0.05) is 16.3 Å². The van der Waals surface area contributed by atoms with E-state index >= 15 is 0 Å². The monoisotopic (exact) mass is 294 g/mol. The largest absolute Gasteiger partial charge is 0.426 e. The molecule has 1 aliphatic carbocycles. The predicted octanol–water partition coefficient (Wildman–Crippen LogP) is 3.64. The van der Waals surface area contributed by atoms with Gasteiger partial charge in [0.1, 0.15) is 5.75 Å². The molecule has 0 N–H and O–H groups in total. The molecule has 17 heavy (non-hydrogen) atoms. The third-order valence-electron chi connectivity index (χ3n) is 4.16. The van der Waals surface area contributed by atoms with Crippen molar-refractivity contribution in [1.82, 2.24) is 0 Å². The Hall–Kier alpha value is -0.830. The number of carbonyl (C=O) groups excluding carboxylic acids is 1. The second-order valence-corrected chi connectivity index (χ2v) is 6.54. The molecule has 1 saturated carbocycles. The minimum absolute atomic E-state index is 0.0289. The molecular weight excluding hydrogens is 280 g/mol. The van der Waals surface area contributed by atoms with Gasteiger partial charge in [0.05, 0.1) is 5.41 Å². The molecule has 1 aromatic rings. The Morgan fingerprint density at radius 3 is 2.71 bits per heavy atom. The predicted molar refractivity (Wildman–Crippen MR) is 69.5 cm³/mol. The van der Waals surface area contributed by atoms with Crippen molar-refractivity contribution in [3.63, 3.8) is 0 Å². The second kappa shape index (κ2) is 3.84. The lowest BCUT2D eigenvalue weighted by Crippen LogP contribution is -2.50. The molecule has 0 bridgehead atoms. The summed E-state index contributed by atoms with van der Waals surface area (Å²) in [6, 6.07) is 7.92. The van der Waals surface area contributed by atoms with E-state index < -0.39 is 0 Å². The van der Waals surface area contributed by atoms with Gasteiger partial charge in [-0.25, -0.2) is 0 Å². The molecule has 0 saturated heterocycles. The number of hydrogen-bond acceptors (Lipinski definition) is 2. The third kappa shape index (κ3) is 1.48. The first-order valence-electron chi connectivity index (χ1n) is 6.10. The Kier molecular flexibility index (Phi) is 2.54. The molecular formula is C14H15BrO2. The summed E-state index contributed by atoms with van der Waals surface area (Å²) in [5.41, 5.74) is 0.910. The number of esters is 1. The van der Waals surface area contributed by atoms with Crippen LogP contribution in [-0.4, -0.2) is 10.8 Å². The van der Waals surface area contributed by atoms with Gasteiger partial charge >= 0.3 is 5.97 Å². The molecule has 3 heteroatoms. The lowest BCUT2D eigenvalue weighted by molar-refractivity contribution is -0.156. The van der Waals surface area contributed by atoms with E-state index in [1.54, 1.807) is 0 Å². The molecule has 1 aromatic carbocycles. The first kappa shape index (κ1) is 11.3. The van der Waals surface area contributed by atoms with Crippen LogP contribution >= 0.6 is 15.9 Å². The fraction of sp³-hybridized carbons (Fsp3) is 0.500. The van der Waals surface area contributed by atoms with Gasteiger partial charge in [-0.1, -0.05) is 47.5 Å². The van der Waals surface area contributed by atoms with E-state index in [0.29, 0.717) is 0 Å². The average Bonchev–Trinajstić information content (AvgIpc) is 2.24. The van der Waals surface area contributed by atoms with Crippen LogP contribution in [0.1, 0.15) is 37.7 Å². The highest BCUT2D eigenvalue weighted by Crippen LogP contribution is 2.58. The van der Waals surface area contributed by atoms with E-state index in [1.807, 2.05) is 18.2 Å². The summed E-state index contributed by atoms with van der Waals surface area (Å²) in [6.07, 6.45) is 3.05. The van der Waals surface area contributed by atoms with Crippen LogP contribution in [0.25, 0.3) is 0 Å². The van der Waals surface area contributed by atoms with Crippen LogP contribution in [-0.2, 0) is 4.79 Å². The molecule has 0 amide bonds. The van der Waals surface area contributed by atoms with Crippen molar-refractivity contribution < 1.29 is 9.53 Å². The van der Waals surface area contributed by atoms with Gasteiger partial charge in [0.2, 0.25) is 0 Å². The van der Waals surface area contributed by atoms with Gasteiger partial charge < -0.3 is 4.74 Å². The van der Waals surface area contributed by atoms with E-state index in [2.05, 4.69) is 28.9 Å². The van der Waals surface area contributed by atoms with Gasteiger partial charge in [0.25, 0.3) is 0 Å². The lowest BCUT2D eigenvalue weighted by Gasteiger charge is -2.49. The number of ether oxygens (including phenoxy) is 1. The van der Waals surface area contributed by atoms with Crippen LogP contribution in [0.4, 0.5) is 0 Å². The zero-order valence-electron chi connectivity index (χ0n) is 9.78. The normalized spacial score (nSPS) is 26.9. The summed E-state index contributed by atoms with van der Waals surface area (Å²) in [6.45, 7) is 2.13. The third-order valence-corrected chi connectivity index (χ3v) is 4.69. The highest BCUT2D eigenvalue weighted by Gasteiger charge is 2.56. The quantitative estimate of drug-likeness (QED) is 0.449. The van der Waals surface area contributed by atoms with Crippen LogP contribution in [0, 0.1) is 5.41 Å². The molecule has 3 rings (SSSR count). The van der Waals surface area contributed by atoms with Crippen molar-refractivity contribution in [3.05, 3.63) is 29.8 Å². The smallest absolute Gasteiger partial charge is 0.318 e. The van der Waals surface area contributed by atoms with Crippen molar-refractivity contribution in [2.75, 3.05) is 0 Å². The molecule has 2 atom stereocenters. The van der Waals surface area contributed by atoms with Crippen LogP contribution in [0.2, 0.25) is 0 Å². The highest BCUT2D eigenvalue weighted by atomic mass is 79.9. The number of halogens is 1. The Morgan fingerprint density at radius 1 is 1.41 bits per heavy atom. The lowest BCUT2D eigenvalue weighted by atomic mass is 9.57. The zero-order valence-corrected chi connectivity index (χ0v) is 11.4. The van der Waals surface area contributed by atoms with E-state index in [9.17, 15) is 4.79 Å². The SMILES string of the molecule is C[C@@H](Br)C1c2ccccc2OC(=O)C12CCC2. The number of carbonyl (C=O) groups is 1. The van der Waals surface area contributed by atoms with Gasteiger partial charge in [-0.2, -0.15) is 0 Å². The minimum Gasteiger partial charge on any atom is -0.426 e. The molecule has 1 unspecified atom stereocenters. The maximum atomic E-state index is 12.2. The maximum absolute atomic E-state index is 12.2. The summed E-state index contributed by atoms with van der Waals surface area (Å²) >= 11 is 3.68. The van der Waals surface area contributed by atoms with Crippen LogP contribution in [0.15, 0.2) is 24.3 Å². The highest BCUT2D eigenvalue weighted by molar-refractivity contribution is 9.09. The van der Waals surface area contributed by atoms with Crippen molar-refractivity contribution in [2.45, 2.75) is 36.9 Å². The summed E-state index contributed by atoms with van der Waals surface area (Å²) in [7, 11) is 0. The van der Waals surface area contributed by atoms with E-state index in [0.717, 1.165) is 25.0 Å². The summed E-state index contributed by atoms with van der Waals surface area (Å²) < 4.78 is 5.51. The summed E-state index contributed by atoms with van der Waals surface area (Å²) in [4.78, 5) is 12.5. The minimum atomic E-state index is -0.267. The number of hydrogen-bond donors (Lipinski definition) is 0. The molecule has 0 aromatic heterocycles. The first-order valence-corrected chi connectivity index (χ1v) is 7.02. The van der Waals surface area contributed by atoms with E-state index in [4.69, 9.17) is 4.74 Å². The number of para-hydroxylation sites is 1. The molecule has 1 fully saturated rings. The van der Waals surface area contributed by atoms with Gasteiger partial charge in [-0.3, -0.25) is 4.79 Å². The van der Waals surface area contributed by atoms with E-state index in [-0.39, 0.29) is 22.1 Å². The molecule has 2 nitrogen and oxygen atoms in total. The molecule has 1 spiro atoms. The fourth-order valence-corrected chi connectivity index (χ4v) is 4.01. The Balaban J connectivity index is 2.14. The van der Waals surface area contributed by atoms with Gasteiger partial charge in [-0.15, -0.1) is 0 Å². The van der Waals surface area contributed by atoms with Crippen LogP contribution in [0.3, 0.4) is 0 Å². The van der Waals surface area contributed by atoms with Crippen molar-refractivity contribution in [3.8, 4) is 5.75 Å². The zero-order chi connectivity index (χ0) is 12.0. The number of benzene rings is 1. The topological polar surface area (TPSA) is 26.3 Å². The van der Waals surface area contributed by atoms with Gasteiger partial charge in [0.15, 0.2) is 0 Å². The summed E-state index contributed by atoms with van der Waals surface area (Å²) in [5.74, 6) is 0.957. The standard InChI is InChI=1S/C14H15BrO2/c1-9(15)12-10-5-2-3-6-11(10)17-13(16)14(12)7-4-8-14/h2-3,5-6,9,12H,4,7-8H2,1H3/t9-,12?/m1/s1. The summed E-state index contributed by atoms with van der Waals surface area (Å²) in [5, 5.41) is 0. The Labute approximate surface area is 109 Å². The van der Waals surface area contributed by atoms with Crippen molar-refractivity contribution in [2.24, 2.45) is 5.41 Å². The molecule has 90 valence electrons. The Morgan fingerprint density at radius 2 is 2.12 bits per heavy atom. The average molecular weight is 295 g/mol. The first-order chi connectivity index (χ1) is 8.15.